The van der Waals surface area contributed by atoms with Crippen LogP contribution < -0.4 is 0 Å². The highest BCUT2D eigenvalue weighted by atomic mass is 28.1. The number of nitrogens with zero attached hydrogens (tertiary/aromatic N) is 2. The monoisotopic (exact) mass is 172 g/mol. The van der Waals surface area contributed by atoms with E-state index in [1.54, 1.807) is 0 Å². The molecule has 0 radical (unpaired) electrons. The first-order valence-electron chi connectivity index (χ1n) is 3.84. The Morgan fingerprint density at radius 3 is 1.45 bits per heavy atom. The molecule has 0 heterocycles. The van der Waals surface area contributed by atoms with Gasteiger partial charge in [0.15, 0.2) is 0 Å². The summed E-state index contributed by atoms with van der Waals surface area (Å²) >= 11 is 0. The Bertz CT molecular complexity index is 144. The Morgan fingerprint density at radius 2 is 1.45 bits per heavy atom. The van der Waals surface area contributed by atoms with Gasteiger partial charge in [-0.05, 0) is 35.1 Å². The van der Waals surface area contributed by atoms with Crippen LogP contribution in [0.4, 0.5) is 0 Å². The predicted molar refractivity (Wildman–Crippen MR) is 54.9 cm³/mol. The van der Waals surface area contributed by atoms with E-state index in [-0.39, 0.29) is 5.66 Å². The minimum absolute atomic E-state index is 0.0340. The van der Waals surface area contributed by atoms with Crippen molar-refractivity contribution in [1.82, 2.24) is 9.80 Å². The van der Waals surface area contributed by atoms with Crippen LogP contribution in [-0.4, -0.2) is 53.9 Å². The Morgan fingerprint density at radius 1 is 1.18 bits per heavy atom. The maximum Gasteiger partial charge on any atom is 0.0872 e. The lowest BCUT2D eigenvalue weighted by Gasteiger charge is -2.43. The first kappa shape index (κ1) is 10.9. The van der Waals surface area contributed by atoms with Crippen molar-refractivity contribution >= 4 is 10.2 Å². The molecule has 0 aromatic carbocycles. The van der Waals surface area contributed by atoms with Gasteiger partial charge in [0.1, 0.15) is 0 Å². The van der Waals surface area contributed by atoms with Crippen molar-refractivity contribution in [2.75, 3.05) is 28.2 Å². The number of likely N-dealkylation sites (N-methyl/N-ethyl adjacent to an activating group) is 2. The molecule has 3 heteroatoms. The van der Waals surface area contributed by atoms with Gasteiger partial charge in [-0.15, -0.1) is 6.58 Å². The van der Waals surface area contributed by atoms with Crippen molar-refractivity contribution in [1.29, 1.82) is 0 Å². The van der Waals surface area contributed by atoms with Gasteiger partial charge in [-0.3, -0.25) is 9.80 Å². The predicted octanol–water partition coefficient (Wildman–Crippen LogP) is -0.295. The molecule has 0 aliphatic carbocycles. The lowest BCUT2D eigenvalue weighted by atomic mass is 10.1. The van der Waals surface area contributed by atoms with Crippen LogP contribution >= 0.6 is 0 Å². The van der Waals surface area contributed by atoms with E-state index in [1.807, 2.05) is 0 Å². The zero-order valence-corrected chi connectivity index (χ0v) is 10.6. The lowest BCUT2D eigenvalue weighted by Crippen LogP contribution is -2.54. The molecule has 0 aromatic heterocycles. The molecule has 2 nitrogen and oxygen atoms in total. The smallest absolute Gasteiger partial charge is 0.0872 e. The normalized spacial score (nSPS) is 13.0. The summed E-state index contributed by atoms with van der Waals surface area (Å²) in [6, 6.07) is 0. The molecule has 0 rings (SSSR count). The minimum Gasteiger partial charge on any atom is -0.289 e. The number of hydrogen-bond donors (Lipinski definition) is 0. The standard InChI is InChI=1S/C8H20N2Si/c1-7(11)8(2,9(3)4)10(5)6/h1H2,2-6,11H3. The van der Waals surface area contributed by atoms with Gasteiger partial charge in [0.05, 0.1) is 5.66 Å². The third kappa shape index (κ3) is 1.92. The summed E-state index contributed by atoms with van der Waals surface area (Å²) < 4.78 is 0. The molecule has 0 unspecified atom stereocenters. The quantitative estimate of drug-likeness (QED) is 0.426. The highest BCUT2D eigenvalue weighted by molar-refractivity contribution is 6.22. The highest BCUT2D eigenvalue weighted by Gasteiger charge is 2.29. The van der Waals surface area contributed by atoms with Crippen molar-refractivity contribution < 1.29 is 0 Å². The molecule has 0 amide bonds. The van der Waals surface area contributed by atoms with E-state index in [4.69, 9.17) is 0 Å². The van der Waals surface area contributed by atoms with Crippen molar-refractivity contribution in [3.05, 3.63) is 11.8 Å². The van der Waals surface area contributed by atoms with E-state index in [9.17, 15) is 0 Å². The summed E-state index contributed by atoms with van der Waals surface area (Å²) in [6.07, 6.45) is 0. The summed E-state index contributed by atoms with van der Waals surface area (Å²) in [5, 5.41) is 1.30. The molecule has 0 saturated heterocycles. The third-order valence-corrected chi connectivity index (χ3v) is 3.50. The molecule has 0 bridgehead atoms. The van der Waals surface area contributed by atoms with Gasteiger partial charge in [0.25, 0.3) is 0 Å². The molecule has 11 heavy (non-hydrogen) atoms. The molecule has 0 saturated carbocycles. The average molecular weight is 172 g/mol. The fourth-order valence-electron chi connectivity index (χ4n) is 1.16. The molecule has 66 valence electrons. The van der Waals surface area contributed by atoms with Crippen molar-refractivity contribution in [2.24, 2.45) is 0 Å². The summed E-state index contributed by atoms with van der Waals surface area (Å²) in [4.78, 5) is 4.39. The van der Waals surface area contributed by atoms with Crippen LogP contribution in [0.15, 0.2) is 11.8 Å². The van der Waals surface area contributed by atoms with E-state index in [1.165, 1.54) is 5.20 Å². The first-order valence-corrected chi connectivity index (χ1v) is 4.84. The minimum atomic E-state index is 0.0340. The van der Waals surface area contributed by atoms with Crippen molar-refractivity contribution in [3.8, 4) is 0 Å². The second kappa shape index (κ2) is 3.52. The SMILES string of the molecule is C=C([SiH3])C(C)(N(C)C)N(C)C. The topological polar surface area (TPSA) is 6.48 Å². The van der Waals surface area contributed by atoms with Crippen LogP contribution in [0, 0.1) is 0 Å². The second-order valence-electron chi connectivity index (χ2n) is 3.59. The van der Waals surface area contributed by atoms with Crippen LogP contribution in [0.1, 0.15) is 6.92 Å². The largest absolute Gasteiger partial charge is 0.289 e. The van der Waals surface area contributed by atoms with E-state index < -0.39 is 0 Å². The maximum absolute atomic E-state index is 4.05. The van der Waals surface area contributed by atoms with Gasteiger partial charge < -0.3 is 0 Å². The van der Waals surface area contributed by atoms with Crippen LogP contribution in [0.2, 0.25) is 0 Å². The summed E-state index contributed by atoms with van der Waals surface area (Å²) in [5.74, 6) is 0. The van der Waals surface area contributed by atoms with E-state index in [0.717, 1.165) is 10.2 Å². The fourth-order valence-corrected chi connectivity index (χ4v) is 2.06. The summed E-state index contributed by atoms with van der Waals surface area (Å²) in [5.41, 5.74) is 0.0340. The molecule has 0 fully saturated rings. The third-order valence-electron chi connectivity index (χ3n) is 2.55. The zero-order chi connectivity index (χ0) is 9.23. The lowest BCUT2D eigenvalue weighted by molar-refractivity contribution is 0.0647. The van der Waals surface area contributed by atoms with E-state index in [2.05, 4.69) is 51.5 Å². The Hall–Kier alpha value is -0.123. The van der Waals surface area contributed by atoms with E-state index >= 15 is 0 Å². The Labute approximate surface area is 73.3 Å². The number of hydrogen-bond acceptors (Lipinski definition) is 2. The van der Waals surface area contributed by atoms with Gasteiger partial charge in [-0.1, -0.05) is 5.20 Å². The molecular weight excluding hydrogens is 152 g/mol. The van der Waals surface area contributed by atoms with Crippen molar-refractivity contribution in [3.63, 3.8) is 0 Å². The fraction of sp³-hybridized carbons (Fsp3) is 0.750. The first-order chi connectivity index (χ1) is 4.83. The molecule has 0 spiro atoms. The van der Waals surface area contributed by atoms with Gasteiger partial charge in [0.2, 0.25) is 0 Å². The molecule has 0 N–H and O–H groups in total. The molecule has 0 atom stereocenters. The van der Waals surface area contributed by atoms with Crippen LogP contribution in [0.25, 0.3) is 0 Å². The molecule has 0 aromatic rings. The van der Waals surface area contributed by atoms with E-state index in [0.29, 0.717) is 0 Å². The summed E-state index contributed by atoms with van der Waals surface area (Å²) in [7, 11) is 9.39. The molecular formula is C8H20N2Si. The average Bonchev–Trinajstić information content (AvgIpc) is 1.84. The van der Waals surface area contributed by atoms with Crippen LogP contribution in [0.3, 0.4) is 0 Å². The van der Waals surface area contributed by atoms with Crippen LogP contribution in [0.5, 0.6) is 0 Å². The molecule has 0 aliphatic heterocycles. The van der Waals surface area contributed by atoms with Crippen LogP contribution in [-0.2, 0) is 0 Å². The molecule has 0 aliphatic rings. The number of rotatable bonds is 3. The van der Waals surface area contributed by atoms with Gasteiger partial charge >= 0.3 is 0 Å². The maximum atomic E-state index is 4.05. The van der Waals surface area contributed by atoms with Crippen molar-refractivity contribution in [2.45, 2.75) is 12.6 Å². The van der Waals surface area contributed by atoms with Gasteiger partial charge in [-0.2, -0.15) is 0 Å². The Kier molecular flexibility index (Phi) is 3.48. The second-order valence-corrected chi connectivity index (χ2v) is 4.80. The summed E-state index contributed by atoms with van der Waals surface area (Å²) in [6.45, 7) is 6.24. The van der Waals surface area contributed by atoms with Gasteiger partial charge in [-0.25, -0.2) is 0 Å². The Balaban J connectivity index is 4.67. The van der Waals surface area contributed by atoms with Gasteiger partial charge in [0, 0.05) is 10.2 Å². The highest BCUT2D eigenvalue weighted by Crippen LogP contribution is 2.20. The zero-order valence-electron chi connectivity index (χ0n) is 8.60.